The van der Waals surface area contributed by atoms with Crippen LogP contribution >= 0.6 is 11.6 Å². The molecule has 1 N–H and O–H groups in total. The van der Waals surface area contributed by atoms with Crippen LogP contribution in [0.1, 0.15) is 6.92 Å². The van der Waals surface area contributed by atoms with E-state index < -0.39 is 22.0 Å². The number of ether oxygens (including phenoxy) is 1. The Bertz CT molecular complexity index is 836. The lowest BCUT2D eigenvalue weighted by Gasteiger charge is -2.28. The van der Waals surface area contributed by atoms with E-state index in [0.29, 0.717) is 22.1 Å². The van der Waals surface area contributed by atoms with Gasteiger partial charge in [-0.15, -0.1) is 0 Å². The van der Waals surface area contributed by atoms with Gasteiger partial charge in [0, 0.05) is 10.7 Å². The predicted molar refractivity (Wildman–Crippen MR) is 99.9 cm³/mol. The van der Waals surface area contributed by atoms with Gasteiger partial charge in [0.15, 0.2) is 0 Å². The van der Waals surface area contributed by atoms with Gasteiger partial charge in [-0.2, -0.15) is 0 Å². The lowest BCUT2D eigenvalue weighted by Crippen LogP contribution is -2.45. The maximum absolute atomic E-state index is 12.5. The fraction of sp³-hybridized carbons (Fsp3) is 0.235. The molecule has 0 heterocycles. The summed E-state index contributed by atoms with van der Waals surface area (Å²) in [6, 6.07) is 12.1. The van der Waals surface area contributed by atoms with Gasteiger partial charge < -0.3 is 10.1 Å². The summed E-state index contributed by atoms with van der Waals surface area (Å²) in [7, 11) is -2.12. The SMILES string of the molecule is COc1ccc(NC(=O)[C@H](C)N(c2ccc(Cl)cc2)S(C)(=O)=O)cc1. The van der Waals surface area contributed by atoms with Crippen molar-refractivity contribution in [3.05, 3.63) is 53.6 Å². The van der Waals surface area contributed by atoms with Crippen molar-refractivity contribution in [2.24, 2.45) is 0 Å². The fourth-order valence-electron chi connectivity index (χ4n) is 2.32. The summed E-state index contributed by atoms with van der Waals surface area (Å²) >= 11 is 5.85. The van der Waals surface area contributed by atoms with Gasteiger partial charge >= 0.3 is 0 Å². The highest BCUT2D eigenvalue weighted by Gasteiger charge is 2.29. The minimum Gasteiger partial charge on any atom is -0.497 e. The summed E-state index contributed by atoms with van der Waals surface area (Å²) in [5.74, 6) is 0.204. The highest BCUT2D eigenvalue weighted by atomic mass is 35.5. The molecule has 2 rings (SSSR count). The molecule has 0 saturated heterocycles. The van der Waals surface area contributed by atoms with E-state index in [1.807, 2.05) is 0 Å². The van der Waals surface area contributed by atoms with E-state index in [4.69, 9.17) is 16.3 Å². The number of methoxy groups -OCH3 is 1. The monoisotopic (exact) mass is 382 g/mol. The Hall–Kier alpha value is -2.25. The van der Waals surface area contributed by atoms with Crippen LogP contribution in [-0.2, 0) is 14.8 Å². The minimum atomic E-state index is -3.67. The quantitative estimate of drug-likeness (QED) is 0.832. The van der Waals surface area contributed by atoms with Crippen molar-refractivity contribution in [1.29, 1.82) is 0 Å². The average Bonchev–Trinajstić information content (AvgIpc) is 2.56. The first-order valence-corrected chi connectivity index (χ1v) is 9.65. The lowest BCUT2D eigenvalue weighted by atomic mass is 10.2. The van der Waals surface area contributed by atoms with E-state index in [1.165, 1.54) is 6.92 Å². The van der Waals surface area contributed by atoms with E-state index in [1.54, 1.807) is 55.6 Å². The molecule has 0 aliphatic heterocycles. The van der Waals surface area contributed by atoms with Gasteiger partial charge in [-0.3, -0.25) is 9.10 Å². The molecule has 0 aliphatic carbocycles. The molecule has 0 fully saturated rings. The molecule has 0 aliphatic rings. The van der Waals surface area contributed by atoms with Crippen molar-refractivity contribution in [2.45, 2.75) is 13.0 Å². The van der Waals surface area contributed by atoms with Crippen molar-refractivity contribution in [3.63, 3.8) is 0 Å². The number of rotatable bonds is 6. The van der Waals surface area contributed by atoms with Crippen LogP contribution in [-0.4, -0.2) is 33.7 Å². The molecule has 0 radical (unpaired) electrons. The van der Waals surface area contributed by atoms with Crippen molar-refractivity contribution in [3.8, 4) is 5.75 Å². The molecule has 0 unspecified atom stereocenters. The van der Waals surface area contributed by atoms with Crippen molar-refractivity contribution >= 4 is 38.9 Å². The number of nitrogens with zero attached hydrogens (tertiary/aromatic N) is 1. The largest absolute Gasteiger partial charge is 0.497 e. The van der Waals surface area contributed by atoms with Crippen LogP contribution in [0.25, 0.3) is 0 Å². The lowest BCUT2D eigenvalue weighted by molar-refractivity contribution is -0.116. The molecule has 6 nitrogen and oxygen atoms in total. The van der Waals surface area contributed by atoms with Crippen LogP contribution < -0.4 is 14.4 Å². The van der Waals surface area contributed by atoms with Crippen LogP contribution in [0.3, 0.4) is 0 Å². The van der Waals surface area contributed by atoms with E-state index in [-0.39, 0.29) is 0 Å². The third-order valence-electron chi connectivity index (χ3n) is 3.53. The molecule has 1 atom stereocenters. The van der Waals surface area contributed by atoms with E-state index in [0.717, 1.165) is 10.6 Å². The van der Waals surface area contributed by atoms with Gasteiger partial charge in [-0.25, -0.2) is 8.42 Å². The molecule has 8 heteroatoms. The van der Waals surface area contributed by atoms with Gasteiger partial charge in [0.1, 0.15) is 11.8 Å². The molecule has 0 saturated carbocycles. The average molecular weight is 383 g/mol. The highest BCUT2D eigenvalue weighted by Crippen LogP contribution is 2.24. The summed E-state index contributed by atoms with van der Waals surface area (Å²) in [6.07, 6.45) is 1.05. The number of nitrogens with one attached hydrogen (secondary N) is 1. The molecule has 2 aromatic rings. The number of carbonyl (C=O) groups is 1. The van der Waals surface area contributed by atoms with Crippen molar-refractivity contribution in [1.82, 2.24) is 0 Å². The number of halogens is 1. The number of sulfonamides is 1. The fourth-order valence-corrected chi connectivity index (χ4v) is 3.62. The van der Waals surface area contributed by atoms with Crippen LogP contribution in [0.2, 0.25) is 5.02 Å². The number of amides is 1. The molecule has 0 bridgehead atoms. The second-order valence-corrected chi connectivity index (χ2v) is 7.72. The van der Waals surface area contributed by atoms with E-state index in [9.17, 15) is 13.2 Å². The first kappa shape index (κ1) is 19.1. The molecule has 2 aromatic carbocycles. The smallest absolute Gasteiger partial charge is 0.247 e. The summed E-state index contributed by atoms with van der Waals surface area (Å²) in [5, 5.41) is 3.18. The topological polar surface area (TPSA) is 75.7 Å². The van der Waals surface area contributed by atoms with Crippen molar-refractivity contribution in [2.75, 3.05) is 23.0 Å². The Balaban J connectivity index is 2.24. The number of anilines is 2. The zero-order valence-electron chi connectivity index (χ0n) is 14.1. The molecule has 134 valence electrons. The third kappa shape index (κ3) is 4.87. The van der Waals surface area contributed by atoms with Gasteiger partial charge in [0.2, 0.25) is 15.9 Å². The summed E-state index contributed by atoms with van der Waals surface area (Å²) in [5.41, 5.74) is 0.909. The molecular formula is C17H19ClN2O4S. The van der Waals surface area contributed by atoms with Crippen LogP contribution in [0, 0.1) is 0 Å². The second-order valence-electron chi connectivity index (χ2n) is 5.43. The number of hydrogen-bond acceptors (Lipinski definition) is 4. The number of hydrogen-bond donors (Lipinski definition) is 1. The minimum absolute atomic E-state index is 0.365. The first-order chi connectivity index (χ1) is 11.7. The molecular weight excluding hydrogens is 364 g/mol. The molecule has 0 aromatic heterocycles. The maximum atomic E-state index is 12.5. The standard InChI is InChI=1S/C17H19ClN2O4S/c1-12(17(21)19-14-6-10-16(24-2)11-7-14)20(25(3,22)23)15-8-4-13(18)5-9-15/h4-12H,1-3H3,(H,19,21)/t12-/m0/s1. The Morgan fingerprint density at radius 1 is 1.12 bits per heavy atom. The molecule has 1 amide bonds. The summed E-state index contributed by atoms with van der Waals surface area (Å²) in [4.78, 5) is 12.5. The maximum Gasteiger partial charge on any atom is 0.247 e. The Morgan fingerprint density at radius 2 is 1.68 bits per heavy atom. The Labute approximate surface area is 152 Å². The summed E-state index contributed by atoms with van der Waals surface area (Å²) in [6.45, 7) is 1.52. The van der Waals surface area contributed by atoms with E-state index >= 15 is 0 Å². The van der Waals surface area contributed by atoms with Gasteiger partial charge in [0.05, 0.1) is 19.1 Å². The van der Waals surface area contributed by atoms with Crippen LogP contribution in [0.15, 0.2) is 48.5 Å². The Kier molecular flexibility index (Phi) is 5.92. The normalized spacial score (nSPS) is 12.3. The van der Waals surface area contributed by atoms with Gasteiger partial charge in [-0.05, 0) is 55.5 Å². The van der Waals surface area contributed by atoms with Crippen LogP contribution in [0.5, 0.6) is 5.75 Å². The zero-order valence-corrected chi connectivity index (χ0v) is 15.6. The predicted octanol–water partition coefficient (Wildman–Crippen LogP) is 3.14. The third-order valence-corrected chi connectivity index (χ3v) is 5.02. The first-order valence-electron chi connectivity index (χ1n) is 7.42. The highest BCUT2D eigenvalue weighted by molar-refractivity contribution is 7.92. The Morgan fingerprint density at radius 3 is 2.16 bits per heavy atom. The van der Waals surface area contributed by atoms with Crippen molar-refractivity contribution < 1.29 is 17.9 Å². The number of benzene rings is 2. The second kappa shape index (κ2) is 7.76. The molecule has 0 spiro atoms. The van der Waals surface area contributed by atoms with E-state index in [2.05, 4.69) is 5.32 Å². The zero-order chi connectivity index (χ0) is 18.6. The summed E-state index contributed by atoms with van der Waals surface area (Å²) < 4.78 is 30.5. The van der Waals surface area contributed by atoms with Gasteiger partial charge in [-0.1, -0.05) is 11.6 Å². The van der Waals surface area contributed by atoms with Crippen LogP contribution in [0.4, 0.5) is 11.4 Å². The van der Waals surface area contributed by atoms with Gasteiger partial charge in [0.25, 0.3) is 0 Å². The number of carbonyl (C=O) groups excluding carboxylic acids is 1. The molecule has 25 heavy (non-hydrogen) atoms.